The van der Waals surface area contributed by atoms with E-state index in [0.29, 0.717) is 5.92 Å². The van der Waals surface area contributed by atoms with E-state index < -0.39 is 0 Å². The number of fused-ring (bicyclic) bond motifs is 1. The first-order valence-corrected chi connectivity index (χ1v) is 11.3. The van der Waals surface area contributed by atoms with Crippen LogP contribution >= 0.6 is 0 Å². The average Bonchev–Trinajstić information content (AvgIpc) is 3.56. The topological polar surface area (TPSA) is 63.1 Å². The van der Waals surface area contributed by atoms with Gasteiger partial charge < -0.3 is 14.4 Å². The van der Waals surface area contributed by atoms with Crippen molar-refractivity contribution in [2.75, 3.05) is 38.8 Å². The molecule has 0 saturated heterocycles. The van der Waals surface area contributed by atoms with Gasteiger partial charge in [0.1, 0.15) is 11.5 Å². The van der Waals surface area contributed by atoms with E-state index >= 15 is 0 Å². The second-order valence-electron chi connectivity index (χ2n) is 8.62. The van der Waals surface area contributed by atoms with Gasteiger partial charge in [-0.15, -0.1) is 6.58 Å². The van der Waals surface area contributed by atoms with Crippen molar-refractivity contribution in [2.24, 2.45) is 11.0 Å². The third kappa shape index (κ3) is 4.62. The second kappa shape index (κ2) is 9.10. The van der Waals surface area contributed by atoms with Crippen molar-refractivity contribution in [3.05, 3.63) is 60.9 Å². The molecule has 0 amide bonds. The number of hydrazone groups is 1. The molecule has 2 aromatic carbocycles. The summed E-state index contributed by atoms with van der Waals surface area (Å²) < 4.78 is 11.0. The highest BCUT2D eigenvalue weighted by Crippen LogP contribution is 2.38. The highest BCUT2D eigenvalue weighted by atomic mass is 16.5. The van der Waals surface area contributed by atoms with Crippen LogP contribution in [0.15, 0.2) is 60.4 Å². The van der Waals surface area contributed by atoms with Crippen molar-refractivity contribution in [3.8, 4) is 11.5 Å². The minimum atomic E-state index is 0.135. The predicted molar refractivity (Wildman–Crippen MR) is 132 cm³/mol. The van der Waals surface area contributed by atoms with Crippen molar-refractivity contribution >= 4 is 28.6 Å². The Hall–Kier alpha value is -3.61. The minimum Gasteiger partial charge on any atom is -0.497 e. The second-order valence-corrected chi connectivity index (χ2v) is 8.62. The molecule has 0 spiro atoms. The van der Waals surface area contributed by atoms with Gasteiger partial charge in [-0.3, -0.25) is 9.99 Å². The highest BCUT2D eigenvalue weighted by Gasteiger charge is 2.26. The van der Waals surface area contributed by atoms with Gasteiger partial charge in [0.25, 0.3) is 0 Å². The van der Waals surface area contributed by atoms with Gasteiger partial charge in [-0.2, -0.15) is 5.10 Å². The van der Waals surface area contributed by atoms with E-state index in [1.807, 2.05) is 35.6 Å². The van der Waals surface area contributed by atoms with Crippen LogP contribution in [0.1, 0.15) is 24.5 Å². The van der Waals surface area contributed by atoms with Crippen molar-refractivity contribution in [1.82, 2.24) is 15.0 Å². The Balaban J connectivity index is 1.50. The molecule has 1 unspecified atom stereocenters. The van der Waals surface area contributed by atoms with Crippen LogP contribution in [0, 0.1) is 5.92 Å². The quantitative estimate of drug-likeness (QED) is 0.444. The van der Waals surface area contributed by atoms with Crippen LogP contribution in [0.5, 0.6) is 11.5 Å². The molecular weight excluding hydrogens is 414 g/mol. The van der Waals surface area contributed by atoms with Crippen molar-refractivity contribution in [2.45, 2.75) is 18.8 Å². The van der Waals surface area contributed by atoms with E-state index in [1.165, 1.54) is 12.8 Å². The standard InChI is InChI=1S/C26H29N5O2/c1-4-9-30-17-19(14-28-30)26-15-27-24-8-7-20(12-25(24)29-26)31(16-18-5-6-18)21-10-22(32-2)13-23(11-21)33-3/h4,7-8,10-15,18-19H,1,5-6,9,16-17H2,2-3H3. The van der Waals surface area contributed by atoms with E-state index in [1.54, 1.807) is 14.2 Å². The molecule has 5 rings (SSSR count). The molecule has 1 saturated carbocycles. The van der Waals surface area contributed by atoms with Crippen molar-refractivity contribution in [1.29, 1.82) is 0 Å². The molecule has 2 heterocycles. The summed E-state index contributed by atoms with van der Waals surface area (Å²) in [7, 11) is 3.36. The lowest BCUT2D eigenvalue weighted by molar-refractivity contribution is 0.343. The van der Waals surface area contributed by atoms with E-state index in [9.17, 15) is 0 Å². The lowest BCUT2D eigenvalue weighted by Gasteiger charge is -2.26. The van der Waals surface area contributed by atoms with E-state index in [2.05, 4.69) is 45.8 Å². The van der Waals surface area contributed by atoms with Gasteiger partial charge in [0.15, 0.2) is 0 Å². The Labute approximate surface area is 194 Å². The molecule has 1 aliphatic heterocycles. The predicted octanol–water partition coefficient (Wildman–Crippen LogP) is 4.77. The Morgan fingerprint density at radius 3 is 2.55 bits per heavy atom. The van der Waals surface area contributed by atoms with E-state index in [-0.39, 0.29) is 5.92 Å². The molecule has 7 nitrogen and oxygen atoms in total. The van der Waals surface area contributed by atoms with Crippen LogP contribution < -0.4 is 14.4 Å². The molecule has 170 valence electrons. The molecule has 1 atom stereocenters. The summed E-state index contributed by atoms with van der Waals surface area (Å²) in [6.45, 7) is 6.27. The molecule has 0 radical (unpaired) electrons. The Morgan fingerprint density at radius 1 is 1.06 bits per heavy atom. The third-order valence-electron chi connectivity index (χ3n) is 6.18. The first-order valence-electron chi connectivity index (χ1n) is 11.3. The van der Waals surface area contributed by atoms with Gasteiger partial charge in [-0.1, -0.05) is 6.08 Å². The molecule has 1 fully saturated rings. The highest BCUT2D eigenvalue weighted by molar-refractivity contribution is 5.82. The maximum absolute atomic E-state index is 5.52. The number of aromatic nitrogens is 2. The first kappa shape index (κ1) is 21.2. The number of hydrogen-bond acceptors (Lipinski definition) is 7. The largest absolute Gasteiger partial charge is 0.497 e. The van der Waals surface area contributed by atoms with Gasteiger partial charge in [0.05, 0.1) is 43.4 Å². The number of methoxy groups -OCH3 is 2. The molecule has 2 aliphatic rings. The van der Waals surface area contributed by atoms with Crippen LogP contribution in [0.25, 0.3) is 11.0 Å². The number of anilines is 2. The van der Waals surface area contributed by atoms with E-state index in [4.69, 9.17) is 14.5 Å². The summed E-state index contributed by atoms with van der Waals surface area (Å²) in [5, 5.41) is 6.45. The lowest BCUT2D eigenvalue weighted by atomic mass is 10.1. The monoisotopic (exact) mass is 443 g/mol. The van der Waals surface area contributed by atoms with Gasteiger partial charge in [0, 0.05) is 55.1 Å². The molecule has 33 heavy (non-hydrogen) atoms. The normalized spacial score (nSPS) is 17.4. The van der Waals surface area contributed by atoms with Gasteiger partial charge in [-0.05, 0) is 37.0 Å². The maximum Gasteiger partial charge on any atom is 0.124 e. The van der Waals surface area contributed by atoms with Gasteiger partial charge in [0.2, 0.25) is 0 Å². The number of hydrogen-bond donors (Lipinski definition) is 0. The van der Waals surface area contributed by atoms with Crippen LogP contribution in [-0.4, -0.2) is 55.0 Å². The summed E-state index contributed by atoms with van der Waals surface area (Å²) in [5.74, 6) is 2.38. The first-order chi connectivity index (χ1) is 16.2. The number of benzene rings is 2. The summed E-state index contributed by atoms with van der Waals surface area (Å²) in [4.78, 5) is 12.0. The fraction of sp³-hybridized carbons (Fsp3) is 0.346. The zero-order valence-corrected chi connectivity index (χ0v) is 19.1. The van der Waals surface area contributed by atoms with Crippen LogP contribution in [0.4, 0.5) is 11.4 Å². The fourth-order valence-electron chi connectivity index (χ4n) is 4.16. The van der Waals surface area contributed by atoms with Crippen LogP contribution in [-0.2, 0) is 0 Å². The summed E-state index contributed by atoms with van der Waals surface area (Å²) in [5.41, 5.74) is 4.84. The molecule has 3 aromatic rings. The third-order valence-corrected chi connectivity index (χ3v) is 6.18. The van der Waals surface area contributed by atoms with Crippen LogP contribution in [0.3, 0.4) is 0 Å². The summed E-state index contributed by atoms with van der Waals surface area (Å²) in [6.07, 6.45) is 8.20. The SMILES string of the molecule is C=CCN1CC(c2cnc3ccc(N(CC4CC4)c4cc(OC)cc(OC)c4)cc3n2)C=N1. The zero-order chi connectivity index (χ0) is 22.8. The van der Waals surface area contributed by atoms with Gasteiger partial charge in [-0.25, -0.2) is 4.98 Å². The smallest absolute Gasteiger partial charge is 0.124 e. The number of rotatable bonds is 9. The number of ether oxygens (including phenoxy) is 2. The van der Waals surface area contributed by atoms with Crippen molar-refractivity contribution < 1.29 is 9.47 Å². The van der Waals surface area contributed by atoms with Crippen molar-refractivity contribution in [3.63, 3.8) is 0 Å². The molecule has 0 N–H and O–H groups in total. The molecule has 0 bridgehead atoms. The zero-order valence-electron chi connectivity index (χ0n) is 19.1. The molecule has 1 aromatic heterocycles. The van der Waals surface area contributed by atoms with Crippen LogP contribution in [0.2, 0.25) is 0 Å². The number of nitrogens with zero attached hydrogens (tertiary/aromatic N) is 5. The molecule has 1 aliphatic carbocycles. The maximum atomic E-state index is 5.52. The Bertz CT molecular complexity index is 1170. The Kier molecular flexibility index (Phi) is 5.86. The van der Waals surface area contributed by atoms with Gasteiger partial charge >= 0.3 is 0 Å². The Morgan fingerprint density at radius 2 is 1.85 bits per heavy atom. The summed E-state index contributed by atoms with van der Waals surface area (Å²) >= 11 is 0. The average molecular weight is 444 g/mol. The molecule has 7 heteroatoms. The molecular formula is C26H29N5O2. The summed E-state index contributed by atoms with van der Waals surface area (Å²) in [6, 6.07) is 12.3. The fourth-order valence-corrected chi connectivity index (χ4v) is 4.16. The minimum absolute atomic E-state index is 0.135. The van der Waals surface area contributed by atoms with E-state index in [0.717, 1.165) is 59.2 Å². The lowest BCUT2D eigenvalue weighted by Crippen LogP contribution is -2.20.